The predicted molar refractivity (Wildman–Crippen MR) is 146 cm³/mol. The van der Waals surface area contributed by atoms with Gasteiger partial charge in [0.15, 0.2) is 0 Å². The Labute approximate surface area is 214 Å². The maximum Gasteiger partial charge on any atom is 0.123 e. The molecule has 2 aromatic rings. The molecule has 192 valence electrons. The molecule has 3 nitrogen and oxygen atoms in total. The second-order valence-corrected chi connectivity index (χ2v) is 10.1. The lowest BCUT2D eigenvalue weighted by molar-refractivity contribution is 0.121. The fraction of sp³-hybridized carbons (Fsp3) is 0.419. The molecule has 2 N–H and O–H groups in total. The lowest BCUT2D eigenvalue weighted by Crippen LogP contribution is -2.24. The van der Waals surface area contributed by atoms with Crippen LogP contribution in [0.2, 0.25) is 0 Å². The molecule has 0 amide bonds. The Bertz CT molecular complexity index is 1180. The Kier molecular flexibility index (Phi) is 8.63. The van der Waals surface area contributed by atoms with E-state index in [0.717, 1.165) is 73.5 Å². The lowest BCUT2D eigenvalue weighted by atomic mass is 9.86. The summed E-state index contributed by atoms with van der Waals surface area (Å²) in [6.45, 7) is 8.44. The summed E-state index contributed by atoms with van der Waals surface area (Å²) in [5, 5.41) is 0. The molecule has 0 spiro atoms. The number of benzene rings is 2. The number of aryl methyl sites for hydroxylation is 2. The number of rotatable bonds is 8. The van der Waals surface area contributed by atoms with E-state index in [-0.39, 0.29) is 18.6 Å². The van der Waals surface area contributed by atoms with Crippen LogP contribution in [0.4, 0.5) is 14.5 Å². The van der Waals surface area contributed by atoms with Gasteiger partial charge in [0.1, 0.15) is 11.9 Å². The molecule has 1 saturated heterocycles. The number of ether oxygens (including phenoxy) is 1. The summed E-state index contributed by atoms with van der Waals surface area (Å²) < 4.78 is 32.6. The van der Waals surface area contributed by atoms with Crippen molar-refractivity contribution < 1.29 is 13.5 Å². The Morgan fingerprint density at radius 2 is 1.92 bits per heavy atom. The number of hydrogen-bond acceptors (Lipinski definition) is 3. The Morgan fingerprint density at radius 3 is 2.69 bits per heavy atom. The van der Waals surface area contributed by atoms with Crippen molar-refractivity contribution >= 4 is 16.8 Å². The van der Waals surface area contributed by atoms with Gasteiger partial charge in [0, 0.05) is 25.3 Å². The number of nitrogens with zero attached hydrogens (tertiary/aromatic N) is 1. The molecular weight excluding hydrogens is 454 g/mol. The fourth-order valence-corrected chi connectivity index (χ4v) is 5.50. The van der Waals surface area contributed by atoms with Gasteiger partial charge < -0.3 is 10.5 Å². The SMILES string of the molecule is C/C(=C\C=C(/C)C1=C(c2ccc(F)cc2C)CCCc2cc(N)ccc21)O[C@H]1CCN(CCCF)C1. The van der Waals surface area contributed by atoms with E-state index in [1.54, 1.807) is 12.1 Å². The second kappa shape index (κ2) is 11.9. The van der Waals surface area contributed by atoms with Crippen molar-refractivity contribution in [3.63, 3.8) is 0 Å². The van der Waals surface area contributed by atoms with Gasteiger partial charge in [-0.3, -0.25) is 9.29 Å². The topological polar surface area (TPSA) is 38.5 Å². The first-order chi connectivity index (χ1) is 17.4. The van der Waals surface area contributed by atoms with Crippen LogP contribution in [0.1, 0.15) is 61.8 Å². The highest BCUT2D eigenvalue weighted by Gasteiger charge is 2.24. The van der Waals surface area contributed by atoms with Crippen LogP contribution in [0.15, 0.2) is 59.9 Å². The summed E-state index contributed by atoms with van der Waals surface area (Å²) in [6, 6.07) is 11.3. The van der Waals surface area contributed by atoms with Crippen LogP contribution >= 0.6 is 0 Å². The van der Waals surface area contributed by atoms with Gasteiger partial charge in [-0.05, 0) is 122 Å². The molecule has 2 aliphatic rings. The third kappa shape index (κ3) is 6.25. The molecule has 1 fully saturated rings. The fourth-order valence-electron chi connectivity index (χ4n) is 5.50. The minimum Gasteiger partial charge on any atom is -0.494 e. The van der Waals surface area contributed by atoms with E-state index >= 15 is 0 Å². The highest BCUT2D eigenvalue weighted by Crippen LogP contribution is 2.41. The number of alkyl halides is 1. The van der Waals surface area contributed by atoms with Gasteiger partial charge in [-0.1, -0.05) is 18.2 Å². The van der Waals surface area contributed by atoms with Gasteiger partial charge in [0.05, 0.1) is 12.4 Å². The van der Waals surface area contributed by atoms with Crippen LogP contribution in [0.3, 0.4) is 0 Å². The van der Waals surface area contributed by atoms with Gasteiger partial charge in [-0.25, -0.2) is 4.39 Å². The van der Waals surface area contributed by atoms with E-state index in [2.05, 4.69) is 30.0 Å². The minimum absolute atomic E-state index is 0.146. The number of anilines is 1. The quantitative estimate of drug-likeness (QED) is 0.239. The summed E-state index contributed by atoms with van der Waals surface area (Å²) in [5.41, 5.74) is 15.0. The molecule has 1 atom stereocenters. The van der Waals surface area contributed by atoms with Crippen LogP contribution < -0.4 is 5.73 Å². The van der Waals surface area contributed by atoms with Crippen LogP contribution in [0.25, 0.3) is 11.1 Å². The van der Waals surface area contributed by atoms with Crippen LogP contribution in [-0.2, 0) is 11.2 Å². The van der Waals surface area contributed by atoms with E-state index in [9.17, 15) is 8.78 Å². The molecule has 1 aliphatic carbocycles. The van der Waals surface area contributed by atoms with Crippen LogP contribution in [0.5, 0.6) is 0 Å². The molecule has 36 heavy (non-hydrogen) atoms. The van der Waals surface area contributed by atoms with Gasteiger partial charge in [-0.2, -0.15) is 0 Å². The third-order valence-electron chi connectivity index (χ3n) is 7.24. The molecule has 0 unspecified atom stereocenters. The smallest absolute Gasteiger partial charge is 0.123 e. The zero-order valence-corrected chi connectivity index (χ0v) is 21.7. The first-order valence-electron chi connectivity index (χ1n) is 13.0. The van der Waals surface area contributed by atoms with Gasteiger partial charge in [0.2, 0.25) is 0 Å². The molecule has 5 heteroatoms. The summed E-state index contributed by atoms with van der Waals surface area (Å²) in [4.78, 5) is 2.27. The Balaban J connectivity index is 1.66. The van der Waals surface area contributed by atoms with E-state index < -0.39 is 0 Å². The number of nitrogens with two attached hydrogens (primary N) is 1. The average Bonchev–Trinajstić information content (AvgIpc) is 3.20. The number of allylic oxidation sites excluding steroid dienone is 6. The van der Waals surface area contributed by atoms with E-state index in [1.807, 2.05) is 32.1 Å². The first-order valence-corrected chi connectivity index (χ1v) is 13.0. The molecule has 1 heterocycles. The molecule has 0 saturated carbocycles. The molecule has 0 aromatic heterocycles. The molecule has 0 bridgehead atoms. The normalized spacial score (nSPS) is 19.4. The van der Waals surface area contributed by atoms with Crippen LogP contribution in [0, 0.1) is 12.7 Å². The van der Waals surface area contributed by atoms with Crippen LogP contribution in [-0.4, -0.2) is 37.3 Å². The standard InChI is InChI=1S/C31H38F2N2O/c1-21(8-9-23(3)36-27-14-17-35(20-27)16-5-15-32)31-29-13-11-26(34)19-24(29)6-4-7-30(31)28-12-10-25(33)18-22(28)2/h8-13,18-19,27H,4-7,14-17,20,34H2,1-3H3/b21-8+,23-9+/t27-/m0/s1. The monoisotopic (exact) mass is 492 g/mol. The molecule has 4 rings (SSSR count). The second-order valence-electron chi connectivity index (χ2n) is 10.1. The Morgan fingerprint density at radius 1 is 1.11 bits per heavy atom. The Hall–Kier alpha value is -2.92. The van der Waals surface area contributed by atoms with E-state index in [1.165, 1.54) is 22.3 Å². The van der Waals surface area contributed by atoms with Gasteiger partial charge >= 0.3 is 0 Å². The summed E-state index contributed by atoms with van der Waals surface area (Å²) in [6.07, 6.45) is 8.76. The van der Waals surface area contributed by atoms with Crippen molar-refractivity contribution in [2.45, 2.75) is 59.0 Å². The van der Waals surface area contributed by atoms with Crippen molar-refractivity contribution in [2.24, 2.45) is 0 Å². The number of fused-ring (bicyclic) bond motifs is 1. The van der Waals surface area contributed by atoms with Crippen molar-refractivity contribution in [1.82, 2.24) is 4.90 Å². The maximum absolute atomic E-state index is 13.9. The molecule has 0 radical (unpaired) electrons. The predicted octanol–water partition coefficient (Wildman–Crippen LogP) is 7.26. The minimum atomic E-state index is -0.268. The first kappa shape index (κ1) is 26.2. The van der Waals surface area contributed by atoms with Crippen molar-refractivity contribution in [2.75, 3.05) is 32.0 Å². The molecule has 1 aliphatic heterocycles. The summed E-state index contributed by atoms with van der Waals surface area (Å²) in [7, 11) is 0. The van der Waals surface area contributed by atoms with Crippen molar-refractivity contribution in [3.8, 4) is 0 Å². The summed E-state index contributed by atoms with van der Waals surface area (Å²) in [5.74, 6) is 0.663. The highest BCUT2D eigenvalue weighted by molar-refractivity contribution is 6.00. The number of likely N-dealkylation sites (tertiary alicyclic amines) is 1. The van der Waals surface area contributed by atoms with E-state index in [0.29, 0.717) is 6.42 Å². The maximum atomic E-state index is 13.9. The zero-order valence-electron chi connectivity index (χ0n) is 21.7. The van der Waals surface area contributed by atoms with E-state index in [4.69, 9.17) is 10.5 Å². The largest absolute Gasteiger partial charge is 0.494 e. The highest BCUT2D eigenvalue weighted by atomic mass is 19.1. The number of halogens is 2. The number of nitrogen functional groups attached to an aromatic ring is 1. The zero-order chi connectivity index (χ0) is 25.7. The lowest BCUT2D eigenvalue weighted by Gasteiger charge is -2.19. The number of hydrogen-bond donors (Lipinski definition) is 1. The van der Waals surface area contributed by atoms with Crippen molar-refractivity contribution in [1.29, 1.82) is 0 Å². The molecule has 2 aromatic carbocycles. The van der Waals surface area contributed by atoms with Crippen molar-refractivity contribution in [3.05, 3.63) is 88.0 Å². The molecular formula is C31H38F2N2O. The van der Waals surface area contributed by atoms with Gasteiger partial charge in [0.25, 0.3) is 0 Å². The third-order valence-corrected chi connectivity index (χ3v) is 7.24. The average molecular weight is 493 g/mol. The summed E-state index contributed by atoms with van der Waals surface area (Å²) >= 11 is 0. The van der Waals surface area contributed by atoms with Gasteiger partial charge in [-0.15, -0.1) is 0 Å².